The van der Waals surface area contributed by atoms with Crippen molar-refractivity contribution < 1.29 is 14.6 Å². The molecule has 1 atom stereocenters. The Kier molecular flexibility index (Phi) is 7.47. The minimum absolute atomic E-state index is 0.132. The van der Waals surface area contributed by atoms with Crippen molar-refractivity contribution in [1.82, 2.24) is 29.2 Å². The average molecular weight is 649 g/mol. The average Bonchev–Trinajstić information content (AvgIpc) is 3.70. The molecule has 2 N–H and O–H groups in total. The highest BCUT2D eigenvalue weighted by Crippen LogP contribution is 2.40. The molecule has 0 unspecified atom stereocenters. The fraction of sp³-hybridized carbons (Fsp3) is 0.457. The second-order valence-electron chi connectivity index (χ2n) is 14.1. The zero-order valence-corrected chi connectivity index (χ0v) is 27.6. The van der Waals surface area contributed by atoms with Gasteiger partial charge in [0.15, 0.2) is 5.82 Å². The summed E-state index contributed by atoms with van der Waals surface area (Å²) >= 11 is 0. The van der Waals surface area contributed by atoms with Gasteiger partial charge in [-0.15, -0.1) is 5.10 Å². The summed E-state index contributed by atoms with van der Waals surface area (Å²) in [5.74, 6) is 1.17. The Labute approximate surface area is 279 Å². The molecule has 1 aliphatic carbocycles. The molecule has 3 aliphatic heterocycles. The van der Waals surface area contributed by atoms with E-state index in [4.69, 9.17) is 4.74 Å². The maximum atomic E-state index is 13.8. The van der Waals surface area contributed by atoms with E-state index >= 15 is 0 Å². The van der Waals surface area contributed by atoms with E-state index in [-0.39, 0.29) is 17.9 Å². The number of fused-ring (bicyclic) bond motifs is 3. The molecule has 4 aromatic rings. The number of amides is 1. The van der Waals surface area contributed by atoms with Gasteiger partial charge in [0.1, 0.15) is 29.0 Å². The summed E-state index contributed by atoms with van der Waals surface area (Å²) in [4.78, 5) is 29.5. The number of carbonyl (C=O) groups is 1. The molecule has 48 heavy (non-hydrogen) atoms. The second kappa shape index (κ2) is 11.7. The lowest BCUT2D eigenvalue weighted by Crippen LogP contribution is -2.59. The van der Waals surface area contributed by atoms with Crippen molar-refractivity contribution in [3.05, 3.63) is 70.9 Å². The number of nitrogens with one attached hydrogen (secondary N) is 1. The van der Waals surface area contributed by atoms with E-state index in [0.717, 1.165) is 51.4 Å². The highest BCUT2D eigenvalue weighted by molar-refractivity contribution is 6.06. The zero-order valence-electron chi connectivity index (χ0n) is 27.6. The summed E-state index contributed by atoms with van der Waals surface area (Å²) in [6, 6.07) is 10.8. The van der Waals surface area contributed by atoms with Gasteiger partial charge in [-0.2, -0.15) is 5.26 Å². The lowest BCUT2D eigenvalue weighted by molar-refractivity contribution is -0.0691. The molecule has 2 saturated heterocycles. The maximum absolute atomic E-state index is 13.8. The van der Waals surface area contributed by atoms with Crippen LogP contribution in [0.3, 0.4) is 0 Å². The van der Waals surface area contributed by atoms with Gasteiger partial charge in [-0.25, -0.2) is 14.6 Å². The molecular formula is C35H40N10O3. The number of aliphatic hydroxyl groups is 1. The van der Waals surface area contributed by atoms with E-state index in [2.05, 4.69) is 61.6 Å². The van der Waals surface area contributed by atoms with Gasteiger partial charge in [-0.05, 0) is 55.0 Å². The maximum Gasteiger partial charge on any atom is 0.276 e. The van der Waals surface area contributed by atoms with E-state index in [1.54, 1.807) is 28.0 Å². The molecule has 0 aromatic carbocycles. The molecule has 7 heterocycles. The molecule has 1 amide bonds. The monoisotopic (exact) mass is 648 g/mol. The largest absolute Gasteiger partial charge is 0.391 e. The molecule has 0 bridgehead atoms. The number of anilines is 4. The van der Waals surface area contributed by atoms with Gasteiger partial charge >= 0.3 is 0 Å². The van der Waals surface area contributed by atoms with Crippen LogP contribution in [0.2, 0.25) is 0 Å². The van der Waals surface area contributed by atoms with E-state index < -0.39 is 0 Å². The lowest BCUT2D eigenvalue weighted by atomic mass is 9.90. The van der Waals surface area contributed by atoms with E-state index in [9.17, 15) is 15.2 Å². The van der Waals surface area contributed by atoms with Gasteiger partial charge in [-0.1, -0.05) is 13.8 Å². The van der Waals surface area contributed by atoms with Crippen LogP contribution >= 0.6 is 0 Å². The van der Waals surface area contributed by atoms with Gasteiger partial charge in [0.05, 0.1) is 49.6 Å². The number of nitriles is 1. The third-order valence-corrected chi connectivity index (χ3v) is 10.3. The Morgan fingerprint density at radius 1 is 1.12 bits per heavy atom. The number of rotatable bonds is 7. The smallest absolute Gasteiger partial charge is 0.276 e. The highest BCUT2D eigenvalue weighted by atomic mass is 16.5. The summed E-state index contributed by atoms with van der Waals surface area (Å²) in [5.41, 5.74) is 5.72. The van der Waals surface area contributed by atoms with Crippen LogP contribution < -0.4 is 15.1 Å². The first-order valence-corrected chi connectivity index (χ1v) is 16.7. The summed E-state index contributed by atoms with van der Waals surface area (Å²) in [7, 11) is 0. The van der Waals surface area contributed by atoms with Crippen LogP contribution in [-0.4, -0.2) is 91.7 Å². The number of hydrogen-bond acceptors (Lipinski definition) is 10. The number of aromatic nitrogens is 5. The van der Waals surface area contributed by atoms with E-state index in [1.165, 1.54) is 11.3 Å². The lowest BCUT2D eigenvalue weighted by Gasteiger charge is -2.46. The molecule has 0 saturated carbocycles. The van der Waals surface area contributed by atoms with Crippen molar-refractivity contribution in [1.29, 1.82) is 5.26 Å². The predicted molar refractivity (Wildman–Crippen MR) is 180 cm³/mol. The second-order valence-corrected chi connectivity index (χ2v) is 14.1. The highest BCUT2D eigenvalue weighted by Gasteiger charge is 2.38. The number of carbonyl (C=O) groups excluding carboxylic acids is 1. The Hall–Kier alpha value is -4.77. The van der Waals surface area contributed by atoms with Crippen LogP contribution in [0.15, 0.2) is 42.9 Å². The molecule has 0 spiro atoms. The Bertz CT molecular complexity index is 1920. The van der Waals surface area contributed by atoms with Gasteiger partial charge in [0.2, 0.25) is 0 Å². The quantitative estimate of drug-likeness (QED) is 0.307. The minimum Gasteiger partial charge on any atom is -0.391 e. The molecule has 0 radical (unpaired) electrons. The summed E-state index contributed by atoms with van der Waals surface area (Å²) in [5, 5.41) is 28.4. The van der Waals surface area contributed by atoms with Crippen LogP contribution in [0.5, 0.6) is 0 Å². The predicted octanol–water partition coefficient (Wildman–Crippen LogP) is 3.27. The fourth-order valence-electron chi connectivity index (χ4n) is 7.74. The van der Waals surface area contributed by atoms with Gasteiger partial charge in [0, 0.05) is 56.2 Å². The first-order valence-electron chi connectivity index (χ1n) is 16.7. The standard InChI is InChI=1S/C35H40N10O3/c1-22-17-41(26-20-48-21-26)8-9-42(22)25-4-5-31(38-16-25)39-32-24(15-36)18-45(40-32)28-6-7-37-33(27(28)19-46)44-11-10-43-29(34(44)47)12-23-13-35(2,3)14-30(23)43/h4-7,12,16,18,22,26,46H,8-11,13-14,17,19-21H2,1-3H3,(H,38,39,40)/t22-/m0/s1. The van der Waals surface area contributed by atoms with Crippen LogP contribution in [0.25, 0.3) is 5.69 Å². The molecule has 4 aliphatic rings. The SMILES string of the molecule is C[C@H]1CN(C2COC2)CCN1c1ccc(Nc2nn(-c3ccnc(N4CCn5c(cc6c5CC(C)(C)C6)C4=O)c3CO)cc2C#N)nc1. The fourth-order valence-corrected chi connectivity index (χ4v) is 7.74. The van der Waals surface area contributed by atoms with E-state index in [1.807, 2.05) is 24.4 Å². The van der Waals surface area contributed by atoms with Crippen molar-refractivity contribution in [3.8, 4) is 11.8 Å². The third kappa shape index (κ3) is 5.20. The van der Waals surface area contributed by atoms with Crippen LogP contribution in [0, 0.1) is 16.7 Å². The molecule has 248 valence electrons. The summed E-state index contributed by atoms with van der Waals surface area (Å²) in [6.07, 6.45) is 6.98. The topological polar surface area (TPSA) is 141 Å². The van der Waals surface area contributed by atoms with Crippen LogP contribution in [0.1, 0.15) is 53.6 Å². The number of hydrogen-bond donors (Lipinski definition) is 2. The number of aliphatic hydroxyl groups excluding tert-OH is 1. The molecule has 13 heteroatoms. The number of piperazine rings is 1. The molecule has 4 aromatic heterocycles. The first-order chi connectivity index (χ1) is 23.2. The molecule has 13 nitrogen and oxygen atoms in total. The van der Waals surface area contributed by atoms with Crippen molar-refractivity contribution in [2.45, 2.75) is 58.8 Å². The molecular weight excluding hydrogens is 608 g/mol. The Balaban J connectivity index is 1.01. The summed E-state index contributed by atoms with van der Waals surface area (Å²) in [6.45, 7) is 12.1. The van der Waals surface area contributed by atoms with Crippen molar-refractivity contribution in [3.63, 3.8) is 0 Å². The number of pyridine rings is 2. The van der Waals surface area contributed by atoms with Crippen molar-refractivity contribution in [2.75, 3.05) is 54.5 Å². The number of nitrogens with zero attached hydrogens (tertiary/aromatic N) is 9. The van der Waals surface area contributed by atoms with Crippen LogP contribution in [-0.2, 0) is 30.7 Å². The number of ether oxygens (including phenoxy) is 1. The zero-order chi connectivity index (χ0) is 33.2. The molecule has 2 fully saturated rings. The van der Waals surface area contributed by atoms with Gasteiger partial charge < -0.3 is 24.6 Å². The van der Waals surface area contributed by atoms with Gasteiger partial charge in [0.25, 0.3) is 5.91 Å². The Morgan fingerprint density at radius 3 is 2.69 bits per heavy atom. The first kappa shape index (κ1) is 30.6. The van der Waals surface area contributed by atoms with Crippen molar-refractivity contribution >= 4 is 29.0 Å². The van der Waals surface area contributed by atoms with Crippen molar-refractivity contribution in [2.24, 2.45) is 5.41 Å². The molecule has 8 rings (SSSR count). The Morgan fingerprint density at radius 2 is 1.98 bits per heavy atom. The third-order valence-electron chi connectivity index (χ3n) is 10.3. The normalized spacial score (nSPS) is 20.7. The van der Waals surface area contributed by atoms with Gasteiger partial charge in [-0.3, -0.25) is 14.6 Å². The summed E-state index contributed by atoms with van der Waals surface area (Å²) < 4.78 is 9.09. The van der Waals surface area contributed by atoms with E-state index in [0.29, 0.717) is 65.1 Å². The minimum atomic E-state index is -0.359. The van der Waals surface area contributed by atoms with Crippen LogP contribution in [0.4, 0.5) is 23.1 Å².